The number of nitrogens with zero attached hydrogens (tertiary/aromatic N) is 1. The molecule has 0 aliphatic heterocycles. The summed E-state index contributed by atoms with van der Waals surface area (Å²) in [5.74, 6) is 0.614. The molecular weight excluding hydrogens is 268 g/mol. The molecule has 0 saturated carbocycles. The monoisotopic (exact) mass is 294 g/mol. The summed E-state index contributed by atoms with van der Waals surface area (Å²) in [4.78, 5) is 4.05. The number of ether oxygens (including phenoxy) is 1. The molecule has 114 valence electrons. The minimum absolute atomic E-state index is 0.425. The fourth-order valence-corrected chi connectivity index (χ4v) is 2.53. The molecule has 0 heterocycles. The fraction of sp³-hybridized carbons (Fsp3) is 0.909. The zero-order chi connectivity index (χ0) is 14.9. The Hall–Kier alpha value is -0.860. The zero-order valence-corrected chi connectivity index (χ0v) is 13.2. The third-order valence-electron chi connectivity index (χ3n) is 2.13. The highest BCUT2D eigenvalue weighted by atomic mass is 32.2. The van der Waals surface area contributed by atoms with Crippen LogP contribution in [0.25, 0.3) is 0 Å². The van der Waals surface area contributed by atoms with E-state index in [9.17, 15) is 8.42 Å². The first-order valence-electron chi connectivity index (χ1n) is 6.21. The van der Waals surface area contributed by atoms with E-state index < -0.39 is 15.6 Å². The van der Waals surface area contributed by atoms with E-state index >= 15 is 0 Å². The van der Waals surface area contributed by atoms with Crippen molar-refractivity contribution in [3.63, 3.8) is 0 Å². The maximum absolute atomic E-state index is 11.2. The minimum Gasteiger partial charge on any atom is -0.380 e. The highest BCUT2D eigenvalue weighted by Crippen LogP contribution is 2.01. The summed E-state index contributed by atoms with van der Waals surface area (Å²) in [6, 6.07) is 0. The lowest BCUT2D eigenvalue weighted by Gasteiger charge is -2.26. The predicted molar refractivity (Wildman–Crippen MR) is 77.9 cm³/mol. The van der Waals surface area contributed by atoms with Crippen LogP contribution in [0.2, 0.25) is 0 Å². The maximum Gasteiger partial charge on any atom is 0.209 e. The van der Waals surface area contributed by atoms with Crippen molar-refractivity contribution in [2.45, 2.75) is 26.3 Å². The third-order valence-corrected chi connectivity index (χ3v) is 3.05. The van der Waals surface area contributed by atoms with Gasteiger partial charge >= 0.3 is 0 Å². The van der Waals surface area contributed by atoms with Crippen molar-refractivity contribution in [1.29, 1.82) is 0 Å². The molecule has 0 atom stereocenters. The zero-order valence-electron chi connectivity index (χ0n) is 12.4. The molecule has 0 bridgehead atoms. The van der Waals surface area contributed by atoms with E-state index in [4.69, 9.17) is 4.74 Å². The van der Waals surface area contributed by atoms with E-state index in [1.54, 1.807) is 20.9 Å². The van der Waals surface area contributed by atoms with Gasteiger partial charge in [0.15, 0.2) is 5.96 Å². The maximum atomic E-state index is 11.2. The largest absolute Gasteiger partial charge is 0.380 e. The summed E-state index contributed by atoms with van der Waals surface area (Å²) in [5.41, 5.74) is -0.592. The third kappa shape index (κ3) is 10.7. The summed E-state index contributed by atoms with van der Waals surface area (Å²) in [6.07, 6.45) is 1.14. The van der Waals surface area contributed by atoms with Gasteiger partial charge in [-0.2, -0.15) is 0 Å². The Kier molecular flexibility index (Phi) is 7.96. The normalized spacial score (nSPS) is 13.4. The number of guanidine groups is 1. The highest BCUT2D eigenvalue weighted by molar-refractivity contribution is 7.88. The SMILES string of the molecule is CCOCCNC(=NC)NCC(C)(C)NS(C)(=O)=O. The number of hydrogen-bond donors (Lipinski definition) is 3. The van der Waals surface area contributed by atoms with E-state index in [2.05, 4.69) is 20.3 Å². The Bertz CT molecular complexity index is 379. The summed E-state index contributed by atoms with van der Waals surface area (Å²) in [5, 5.41) is 6.14. The second-order valence-electron chi connectivity index (χ2n) is 4.81. The second kappa shape index (κ2) is 8.34. The van der Waals surface area contributed by atoms with Gasteiger partial charge in [-0.1, -0.05) is 0 Å². The van der Waals surface area contributed by atoms with Crippen molar-refractivity contribution in [2.24, 2.45) is 4.99 Å². The van der Waals surface area contributed by atoms with Crippen molar-refractivity contribution in [1.82, 2.24) is 15.4 Å². The van der Waals surface area contributed by atoms with Crippen LogP contribution in [-0.4, -0.2) is 59.5 Å². The van der Waals surface area contributed by atoms with E-state index in [0.29, 0.717) is 32.3 Å². The van der Waals surface area contributed by atoms with E-state index in [0.717, 1.165) is 6.26 Å². The topological polar surface area (TPSA) is 91.8 Å². The van der Waals surface area contributed by atoms with Crippen LogP contribution >= 0.6 is 0 Å². The highest BCUT2D eigenvalue weighted by Gasteiger charge is 2.22. The molecule has 0 aliphatic rings. The molecule has 0 saturated heterocycles. The van der Waals surface area contributed by atoms with Crippen LogP contribution in [0, 0.1) is 0 Å². The summed E-state index contributed by atoms with van der Waals surface area (Å²) < 4.78 is 30.2. The first kappa shape index (κ1) is 18.1. The van der Waals surface area contributed by atoms with Gasteiger partial charge in [-0.25, -0.2) is 13.1 Å². The van der Waals surface area contributed by atoms with Gasteiger partial charge in [0.25, 0.3) is 0 Å². The van der Waals surface area contributed by atoms with Crippen LogP contribution in [0.1, 0.15) is 20.8 Å². The molecule has 0 aromatic heterocycles. The molecule has 0 aromatic carbocycles. The molecule has 7 nitrogen and oxygen atoms in total. The van der Waals surface area contributed by atoms with Gasteiger partial charge in [-0.05, 0) is 20.8 Å². The van der Waals surface area contributed by atoms with Crippen LogP contribution in [0.3, 0.4) is 0 Å². The van der Waals surface area contributed by atoms with Crippen molar-refractivity contribution >= 4 is 16.0 Å². The average Bonchev–Trinajstić information content (AvgIpc) is 2.25. The molecule has 0 aliphatic carbocycles. The Morgan fingerprint density at radius 2 is 1.95 bits per heavy atom. The molecule has 0 rings (SSSR count). The molecule has 0 radical (unpaired) electrons. The van der Waals surface area contributed by atoms with Gasteiger partial charge in [-0.15, -0.1) is 0 Å². The number of rotatable bonds is 8. The molecule has 0 spiro atoms. The quantitative estimate of drug-likeness (QED) is 0.319. The van der Waals surface area contributed by atoms with Gasteiger partial charge in [0, 0.05) is 32.3 Å². The summed E-state index contributed by atoms with van der Waals surface area (Å²) in [6.45, 7) is 7.89. The Morgan fingerprint density at radius 1 is 1.32 bits per heavy atom. The van der Waals surface area contributed by atoms with Crippen LogP contribution in [0.5, 0.6) is 0 Å². The van der Waals surface area contributed by atoms with Crippen LogP contribution in [-0.2, 0) is 14.8 Å². The average molecular weight is 294 g/mol. The lowest BCUT2D eigenvalue weighted by molar-refractivity contribution is 0.152. The summed E-state index contributed by atoms with van der Waals surface area (Å²) >= 11 is 0. The van der Waals surface area contributed by atoms with Crippen molar-refractivity contribution in [2.75, 3.05) is 39.6 Å². The molecule has 8 heteroatoms. The standard InChI is InChI=1S/C11H26N4O3S/c1-6-18-8-7-13-10(12-4)14-9-11(2,3)15-19(5,16)17/h15H,6-9H2,1-5H3,(H2,12,13,14). The Morgan fingerprint density at radius 3 is 2.42 bits per heavy atom. The lowest BCUT2D eigenvalue weighted by atomic mass is 10.1. The molecule has 0 amide bonds. The van der Waals surface area contributed by atoms with Gasteiger partial charge in [-0.3, -0.25) is 4.99 Å². The van der Waals surface area contributed by atoms with E-state index in [1.165, 1.54) is 0 Å². The lowest BCUT2D eigenvalue weighted by Crippen LogP contribution is -2.53. The van der Waals surface area contributed by atoms with Crippen LogP contribution in [0.4, 0.5) is 0 Å². The number of hydrogen-bond acceptors (Lipinski definition) is 4. The molecular formula is C11H26N4O3S. The summed E-state index contributed by atoms with van der Waals surface area (Å²) in [7, 11) is -1.57. The van der Waals surface area contributed by atoms with Crippen molar-refractivity contribution < 1.29 is 13.2 Å². The van der Waals surface area contributed by atoms with Crippen LogP contribution in [0.15, 0.2) is 4.99 Å². The number of sulfonamides is 1. The molecule has 3 N–H and O–H groups in total. The molecule has 19 heavy (non-hydrogen) atoms. The van der Waals surface area contributed by atoms with Gasteiger partial charge in [0.1, 0.15) is 0 Å². The van der Waals surface area contributed by atoms with Crippen molar-refractivity contribution in [3.05, 3.63) is 0 Å². The van der Waals surface area contributed by atoms with Gasteiger partial charge in [0.2, 0.25) is 10.0 Å². The van der Waals surface area contributed by atoms with Crippen molar-refractivity contribution in [3.8, 4) is 0 Å². The second-order valence-corrected chi connectivity index (χ2v) is 6.56. The molecule has 0 unspecified atom stereocenters. The van der Waals surface area contributed by atoms with Gasteiger partial charge < -0.3 is 15.4 Å². The number of nitrogens with one attached hydrogen (secondary N) is 3. The minimum atomic E-state index is -3.23. The predicted octanol–water partition coefficient (Wildman–Crippen LogP) is -0.484. The molecule has 0 fully saturated rings. The number of aliphatic imine (C=N–C) groups is 1. The van der Waals surface area contributed by atoms with Gasteiger partial charge in [0.05, 0.1) is 12.9 Å². The first-order valence-corrected chi connectivity index (χ1v) is 8.10. The molecule has 0 aromatic rings. The first-order chi connectivity index (χ1) is 8.70. The smallest absolute Gasteiger partial charge is 0.209 e. The van der Waals surface area contributed by atoms with E-state index in [-0.39, 0.29) is 0 Å². The van der Waals surface area contributed by atoms with Crippen LogP contribution < -0.4 is 15.4 Å². The fourth-order valence-electron chi connectivity index (χ4n) is 1.45. The van der Waals surface area contributed by atoms with E-state index in [1.807, 2.05) is 6.92 Å². The Balaban J connectivity index is 4.13. The Labute approximate surface area is 116 Å².